The lowest BCUT2D eigenvalue weighted by molar-refractivity contribution is 0.202. The molecule has 0 amide bonds. The smallest absolute Gasteiger partial charge is 0.0637 e. The summed E-state index contributed by atoms with van der Waals surface area (Å²) in [7, 11) is 1.76. The predicted molar refractivity (Wildman–Crippen MR) is 90.4 cm³/mol. The largest absolute Gasteiger partial charge is 0.383 e. The van der Waals surface area contributed by atoms with Gasteiger partial charge in [0.25, 0.3) is 0 Å². The molecule has 0 radical (unpaired) electrons. The van der Waals surface area contributed by atoms with Gasteiger partial charge in [0.05, 0.1) is 6.61 Å². The van der Waals surface area contributed by atoms with Crippen LogP contribution in [0.4, 0.5) is 5.69 Å². The Morgan fingerprint density at radius 1 is 1.26 bits per heavy atom. The first-order chi connectivity index (χ1) is 9.17. The van der Waals surface area contributed by atoms with Crippen LogP contribution in [0, 0.1) is 0 Å². The summed E-state index contributed by atoms with van der Waals surface area (Å²) in [5.74, 6) is 0. The zero-order valence-corrected chi connectivity index (χ0v) is 15.1. The minimum atomic E-state index is 0.567. The van der Waals surface area contributed by atoms with Gasteiger partial charge in [-0.3, -0.25) is 0 Å². The van der Waals surface area contributed by atoms with Crippen LogP contribution >= 0.6 is 31.9 Å². The third-order valence-corrected chi connectivity index (χ3v) is 4.77. The first-order valence-corrected chi connectivity index (χ1v) is 8.69. The third-order valence-electron chi connectivity index (χ3n) is 3.43. The Labute approximate surface area is 133 Å². The SMILES string of the molecule is CCC(CC)N(CCOC)c1ccc(CBr)c(Br)c1. The molecule has 1 rings (SSSR count). The van der Waals surface area contributed by atoms with Gasteiger partial charge < -0.3 is 9.64 Å². The van der Waals surface area contributed by atoms with E-state index in [1.807, 2.05) is 0 Å². The molecule has 0 fully saturated rings. The molecular weight excluding hydrogens is 370 g/mol. The summed E-state index contributed by atoms with van der Waals surface area (Å²) in [6, 6.07) is 7.16. The summed E-state index contributed by atoms with van der Waals surface area (Å²) in [6.07, 6.45) is 2.30. The maximum Gasteiger partial charge on any atom is 0.0637 e. The van der Waals surface area contributed by atoms with Crippen molar-refractivity contribution in [1.29, 1.82) is 0 Å². The summed E-state index contributed by atoms with van der Waals surface area (Å²) < 4.78 is 6.41. The molecule has 0 saturated carbocycles. The van der Waals surface area contributed by atoms with Crippen molar-refractivity contribution in [1.82, 2.24) is 0 Å². The number of benzene rings is 1. The fourth-order valence-corrected chi connectivity index (χ4v) is 3.64. The highest BCUT2D eigenvalue weighted by molar-refractivity contribution is 9.10. The van der Waals surface area contributed by atoms with Gasteiger partial charge in [0.2, 0.25) is 0 Å². The molecule has 19 heavy (non-hydrogen) atoms. The molecular formula is C15H23Br2NO. The molecule has 0 heterocycles. The minimum absolute atomic E-state index is 0.567. The van der Waals surface area contributed by atoms with Gasteiger partial charge in [0.15, 0.2) is 0 Å². The zero-order valence-electron chi connectivity index (χ0n) is 12.0. The summed E-state index contributed by atoms with van der Waals surface area (Å²) in [5.41, 5.74) is 2.54. The van der Waals surface area contributed by atoms with Crippen LogP contribution in [0.15, 0.2) is 22.7 Å². The Bertz CT molecular complexity index is 380. The highest BCUT2D eigenvalue weighted by Crippen LogP contribution is 2.28. The molecule has 0 aliphatic rings. The zero-order chi connectivity index (χ0) is 14.3. The molecule has 0 saturated heterocycles. The first-order valence-electron chi connectivity index (χ1n) is 6.77. The van der Waals surface area contributed by atoms with Crippen LogP contribution < -0.4 is 4.90 Å². The molecule has 0 N–H and O–H groups in total. The molecule has 0 unspecified atom stereocenters. The Morgan fingerprint density at radius 3 is 2.42 bits per heavy atom. The van der Waals surface area contributed by atoms with Crippen LogP contribution in [0.25, 0.3) is 0 Å². The maximum atomic E-state index is 5.25. The average Bonchev–Trinajstić information content (AvgIpc) is 2.43. The standard InChI is InChI=1S/C15H23Br2NO/c1-4-13(5-2)18(8-9-19-3)14-7-6-12(11-16)15(17)10-14/h6-7,10,13H,4-5,8-9,11H2,1-3H3. The molecule has 0 atom stereocenters. The summed E-state index contributed by atoms with van der Waals surface area (Å²) in [5, 5.41) is 0.872. The highest BCUT2D eigenvalue weighted by Gasteiger charge is 2.16. The van der Waals surface area contributed by atoms with E-state index in [0.29, 0.717) is 6.04 Å². The van der Waals surface area contributed by atoms with Crippen LogP contribution in [-0.4, -0.2) is 26.3 Å². The van der Waals surface area contributed by atoms with E-state index in [1.165, 1.54) is 11.3 Å². The second-order valence-corrected chi connectivity index (χ2v) is 5.98. The van der Waals surface area contributed by atoms with Crippen molar-refractivity contribution >= 4 is 37.5 Å². The van der Waals surface area contributed by atoms with Crippen molar-refractivity contribution in [2.24, 2.45) is 0 Å². The second kappa shape index (κ2) is 8.98. The number of hydrogen-bond donors (Lipinski definition) is 0. The Hall–Kier alpha value is -0.0600. The van der Waals surface area contributed by atoms with Crippen molar-refractivity contribution in [2.45, 2.75) is 38.1 Å². The molecule has 0 aromatic heterocycles. The van der Waals surface area contributed by atoms with E-state index in [-0.39, 0.29) is 0 Å². The lowest BCUT2D eigenvalue weighted by Gasteiger charge is -2.33. The molecule has 1 aromatic rings. The van der Waals surface area contributed by atoms with Gasteiger partial charge in [0.1, 0.15) is 0 Å². The first kappa shape index (κ1) is 17.0. The van der Waals surface area contributed by atoms with Crippen molar-refractivity contribution in [3.05, 3.63) is 28.2 Å². The van der Waals surface area contributed by atoms with Crippen LogP contribution in [0.5, 0.6) is 0 Å². The summed E-state index contributed by atoms with van der Waals surface area (Å²) in [6.45, 7) is 6.18. The van der Waals surface area contributed by atoms with E-state index >= 15 is 0 Å². The quantitative estimate of drug-likeness (QED) is 0.578. The van der Waals surface area contributed by atoms with Gasteiger partial charge in [-0.05, 0) is 30.5 Å². The monoisotopic (exact) mass is 391 g/mol. The highest BCUT2D eigenvalue weighted by atomic mass is 79.9. The molecule has 0 aliphatic heterocycles. The van der Waals surface area contributed by atoms with Crippen molar-refractivity contribution in [3.8, 4) is 0 Å². The van der Waals surface area contributed by atoms with E-state index in [2.05, 4.69) is 68.8 Å². The predicted octanol–water partition coefficient (Wildman–Crippen LogP) is 4.99. The number of hydrogen-bond acceptors (Lipinski definition) is 2. The molecule has 0 spiro atoms. The van der Waals surface area contributed by atoms with Crippen molar-refractivity contribution < 1.29 is 4.74 Å². The number of nitrogens with zero attached hydrogens (tertiary/aromatic N) is 1. The number of ether oxygens (including phenoxy) is 1. The molecule has 0 bridgehead atoms. The average molecular weight is 393 g/mol. The van der Waals surface area contributed by atoms with E-state index in [1.54, 1.807) is 7.11 Å². The van der Waals surface area contributed by atoms with E-state index in [0.717, 1.165) is 35.8 Å². The number of methoxy groups -OCH3 is 1. The molecule has 1 aromatic carbocycles. The lowest BCUT2D eigenvalue weighted by Crippen LogP contribution is -2.37. The second-order valence-electron chi connectivity index (χ2n) is 4.57. The van der Waals surface area contributed by atoms with Crippen LogP contribution in [-0.2, 0) is 10.1 Å². The van der Waals surface area contributed by atoms with Gasteiger partial charge in [0, 0.05) is 35.2 Å². The van der Waals surface area contributed by atoms with Gasteiger partial charge in [-0.1, -0.05) is 51.8 Å². The normalized spacial score (nSPS) is 11.1. The van der Waals surface area contributed by atoms with E-state index in [4.69, 9.17) is 4.74 Å². The minimum Gasteiger partial charge on any atom is -0.383 e. The number of rotatable bonds is 8. The van der Waals surface area contributed by atoms with E-state index in [9.17, 15) is 0 Å². The Morgan fingerprint density at radius 2 is 1.95 bits per heavy atom. The van der Waals surface area contributed by atoms with Crippen LogP contribution in [0.2, 0.25) is 0 Å². The van der Waals surface area contributed by atoms with Gasteiger partial charge >= 0.3 is 0 Å². The molecule has 4 heteroatoms. The molecule has 0 aliphatic carbocycles. The maximum absolute atomic E-state index is 5.25. The van der Waals surface area contributed by atoms with Crippen LogP contribution in [0.1, 0.15) is 32.3 Å². The van der Waals surface area contributed by atoms with Gasteiger partial charge in [-0.15, -0.1) is 0 Å². The van der Waals surface area contributed by atoms with Gasteiger partial charge in [-0.25, -0.2) is 0 Å². The fraction of sp³-hybridized carbons (Fsp3) is 0.600. The molecule has 2 nitrogen and oxygen atoms in total. The lowest BCUT2D eigenvalue weighted by atomic mass is 10.1. The van der Waals surface area contributed by atoms with Crippen molar-refractivity contribution in [3.63, 3.8) is 0 Å². The van der Waals surface area contributed by atoms with Crippen LogP contribution in [0.3, 0.4) is 0 Å². The van der Waals surface area contributed by atoms with E-state index < -0.39 is 0 Å². The Balaban J connectivity index is 2.98. The summed E-state index contributed by atoms with van der Waals surface area (Å²) in [4.78, 5) is 2.45. The third kappa shape index (κ3) is 4.76. The number of halogens is 2. The summed E-state index contributed by atoms with van der Waals surface area (Å²) >= 11 is 7.15. The topological polar surface area (TPSA) is 12.5 Å². The number of alkyl halides is 1. The number of anilines is 1. The fourth-order valence-electron chi connectivity index (χ4n) is 2.26. The Kier molecular flexibility index (Phi) is 8.03. The van der Waals surface area contributed by atoms with Crippen molar-refractivity contribution in [2.75, 3.05) is 25.2 Å². The molecule has 108 valence electrons. The van der Waals surface area contributed by atoms with Gasteiger partial charge in [-0.2, -0.15) is 0 Å².